The van der Waals surface area contributed by atoms with Crippen LogP contribution in [0.4, 0.5) is 8.78 Å². The summed E-state index contributed by atoms with van der Waals surface area (Å²) < 4.78 is 31.4. The van der Waals surface area contributed by atoms with E-state index in [9.17, 15) is 8.78 Å². The van der Waals surface area contributed by atoms with E-state index in [4.69, 9.17) is 0 Å². The number of aliphatic imine (C=N–C) groups is 1. The fourth-order valence-corrected chi connectivity index (χ4v) is 3.63. The molecule has 0 saturated carbocycles. The minimum Gasteiger partial charge on any atom is -0.291 e. The highest BCUT2D eigenvalue weighted by molar-refractivity contribution is 5.70. The zero-order valence-corrected chi connectivity index (χ0v) is 16.7. The van der Waals surface area contributed by atoms with Crippen LogP contribution in [0.25, 0.3) is 33.6 Å². The van der Waals surface area contributed by atoms with Crippen LogP contribution in [0.5, 0.6) is 0 Å². The van der Waals surface area contributed by atoms with Gasteiger partial charge in [-0.3, -0.25) is 14.4 Å². The summed E-state index contributed by atoms with van der Waals surface area (Å²) in [5, 5.41) is 8.36. The van der Waals surface area contributed by atoms with Crippen molar-refractivity contribution in [1.29, 1.82) is 0 Å². The molecule has 7 nitrogen and oxygen atoms in total. The second kappa shape index (κ2) is 7.50. The van der Waals surface area contributed by atoms with E-state index in [1.54, 1.807) is 29.5 Å². The molecule has 0 amide bonds. The molecule has 0 fully saturated rings. The number of halogens is 2. The molecular formula is C22H19F2N7. The van der Waals surface area contributed by atoms with Gasteiger partial charge in [-0.2, -0.15) is 10.2 Å². The van der Waals surface area contributed by atoms with Crippen LogP contribution in [0.2, 0.25) is 0 Å². The summed E-state index contributed by atoms with van der Waals surface area (Å²) in [4.78, 5) is 12.6. The number of benzene rings is 1. The van der Waals surface area contributed by atoms with Crippen molar-refractivity contribution < 1.29 is 8.78 Å². The molecule has 31 heavy (non-hydrogen) atoms. The first kappa shape index (κ1) is 19.2. The molecule has 0 N–H and O–H groups in total. The van der Waals surface area contributed by atoms with Crippen molar-refractivity contribution in [2.45, 2.75) is 18.4 Å². The summed E-state index contributed by atoms with van der Waals surface area (Å²) in [5.74, 6) is -2.34. The standard InChI is InChI=1S/C22H19F2N7/c1-30-12-18(10-28-30)15-3-2-4-16(7-15)21-26-8-17(9-27-21)19-11-29-31(13-19)20-5-6-25-14-22(20,23)24/h2-4,6-13,20H,5,14H2,1H3. The fourth-order valence-electron chi connectivity index (χ4n) is 3.63. The Balaban J connectivity index is 1.39. The molecule has 1 aliphatic heterocycles. The highest BCUT2D eigenvalue weighted by Gasteiger charge is 2.42. The van der Waals surface area contributed by atoms with Crippen molar-refractivity contribution in [3.8, 4) is 33.6 Å². The average molecular weight is 419 g/mol. The van der Waals surface area contributed by atoms with Gasteiger partial charge in [-0.1, -0.05) is 18.2 Å². The van der Waals surface area contributed by atoms with Gasteiger partial charge >= 0.3 is 0 Å². The molecule has 4 heterocycles. The van der Waals surface area contributed by atoms with E-state index in [-0.39, 0.29) is 6.42 Å². The van der Waals surface area contributed by atoms with Crippen molar-refractivity contribution in [1.82, 2.24) is 29.5 Å². The molecule has 0 spiro atoms. The third-order valence-corrected chi connectivity index (χ3v) is 5.31. The molecule has 3 aromatic heterocycles. The van der Waals surface area contributed by atoms with E-state index in [0.717, 1.165) is 16.7 Å². The predicted molar refractivity (Wildman–Crippen MR) is 113 cm³/mol. The van der Waals surface area contributed by atoms with Crippen LogP contribution >= 0.6 is 0 Å². The van der Waals surface area contributed by atoms with Gasteiger partial charge in [0, 0.05) is 66.7 Å². The van der Waals surface area contributed by atoms with Gasteiger partial charge in [-0.15, -0.1) is 0 Å². The average Bonchev–Trinajstić information content (AvgIpc) is 3.43. The van der Waals surface area contributed by atoms with E-state index >= 15 is 0 Å². The summed E-state index contributed by atoms with van der Waals surface area (Å²) in [7, 11) is 1.88. The Kier molecular flexibility index (Phi) is 4.65. The lowest BCUT2D eigenvalue weighted by molar-refractivity contribution is -0.0467. The number of hydrogen-bond donors (Lipinski definition) is 0. The number of alkyl halides is 2. The molecule has 0 bridgehead atoms. The zero-order valence-electron chi connectivity index (χ0n) is 16.7. The second-order valence-corrected chi connectivity index (χ2v) is 7.52. The van der Waals surface area contributed by atoms with E-state index in [1.165, 1.54) is 10.9 Å². The van der Waals surface area contributed by atoms with Crippen molar-refractivity contribution in [2.75, 3.05) is 6.54 Å². The van der Waals surface area contributed by atoms with Crippen LogP contribution in [0.15, 0.2) is 66.4 Å². The van der Waals surface area contributed by atoms with E-state index in [2.05, 4.69) is 25.2 Å². The molecule has 156 valence electrons. The molecule has 0 aliphatic carbocycles. The first-order chi connectivity index (χ1) is 15.0. The molecule has 0 saturated heterocycles. The maximum atomic E-state index is 14.2. The number of rotatable bonds is 4. The van der Waals surface area contributed by atoms with Gasteiger partial charge in [0.15, 0.2) is 5.82 Å². The van der Waals surface area contributed by atoms with E-state index < -0.39 is 18.5 Å². The molecule has 1 atom stereocenters. The Morgan fingerprint density at radius 1 is 0.903 bits per heavy atom. The summed E-state index contributed by atoms with van der Waals surface area (Å²) in [6.07, 6.45) is 12.0. The Morgan fingerprint density at radius 2 is 1.65 bits per heavy atom. The molecule has 5 rings (SSSR count). The highest BCUT2D eigenvalue weighted by atomic mass is 19.3. The smallest absolute Gasteiger partial charge is 0.289 e. The molecule has 9 heteroatoms. The van der Waals surface area contributed by atoms with Crippen molar-refractivity contribution >= 4 is 6.21 Å². The third-order valence-electron chi connectivity index (χ3n) is 5.31. The lowest BCUT2D eigenvalue weighted by atomic mass is 10.0. The van der Waals surface area contributed by atoms with Gasteiger partial charge in [0.2, 0.25) is 0 Å². The molecule has 1 unspecified atom stereocenters. The molecule has 4 aromatic rings. The van der Waals surface area contributed by atoms with Gasteiger partial charge < -0.3 is 0 Å². The van der Waals surface area contributed by atoms with Gasteiger partial charge in [0.1, 0.15) is 12.6 Å². The summed E-state index contributed by atoms with van der Waals surface area (Å²) in [6.45, 7) is -0.511. The topological polar surface area (TPSA) is 73.8 Å². The maximum Gasteiger partial charge on any atom is 0.289 e. The number of aryl methyl sites for hydroxylation is 1. The highest BCUT2D eigenvalue weighted by Crippen LogP contribution is 2.34. The quantitative estimate of drug-likeness (QED) is 0.500. The van der Waals surface area contributed by atoms with E-state index in [1.807, 2.05) is 43.7 Å². The summed E-state index contributed by atoms with van der Waals surface area (Å²) in [6, 6.07) is 6.88. The van der Waals surface area contributed by atoms with Gasteiger partial charge in [0.05, 0.1) is 12.4 Å². The largest absolute Gasteiger partial charge is 0.291 e. The summed E-state index contributed by atoms with van der Waals surface area (Å²) in [5.41, 5.74) is 4.32. The van der Waals surface area contributed by atoms with Gasteiger partial charge in [-0.05, 0) is 11.6 Å². The Bertz CT molecular complexity index is 1240. The molecule has 0 radical (unpaired) electrons. The monoisotopic (exact) mass is 419 g/mol. The lowest BCUT2D eigenvalue weighted by Crippen LogP contribution is -2.37. The minimum atomic E-state index is -2.92. The minimum absolute atomic E-state index is 0.150. The maximum absolute atomic E-state index is 14.2. The van der Waals surface area contributed by atoms with Crippen molar-refractivity contribution in [3.05, 3.63) is 61.4 Å². The fraction of sp³-hybridized carbons (Fsp3) is 0.227. The first-order valence-corrected chi connectivity index (χ1v) is 9.82. The Hall–Kier alpha value is -3.75. The van der Waals surface area contributed by atoms with E-state index in [0.29, 0.717) is 17.0 Å². The van der Waals surface area contributed by atoms with Crippen LogP contribution in [0, 0.1) is 0 Å². The Labute approximate surface area is 177 Å². The Morgan fingerprint density at radius 3 is 2.39 bits per heavy atom. The van der Waals surface area contributed by atoms with Crippen LogP contribution in [0.1, 0.15) is 12.5 Å². The normalized spacial score (nSPS) is 17.7. The zero-order chi connectivity index (χ0) is 21.4. The van der Waals surface area contributed by atoms with Crippen LogP contribution in [-0.2, 0) is 7.05 Å². The summed E-state index contributed by atoms with van der Waals surface area (Å²) >= 11 is 0. The third kappa shape index (κ3) is 3.74. The molecule has 1 aromatic carbocycles. The predicted octanol–water partition coefficient (Wildman–Crippen LogP) is 4.06. The van der Waals surface area contributed by atoms with Gasteiger partial charge in [0.25, 0.3) is 5.92 Å². The molecule has 1 aliphatic rings. The first-order valence-electron chi connectivity index (χ1n) is 9.82. The number of nitrogens with zero attached hydrogens (tertiary/aromatic N) is 7. The number of aromatic nitrogens is 6. The SMILES string of the molecule is Cn1cc(-c2cccc(-c3ncc(-c4cnn(C5CC=NCC5(F)F)c4)cn3)c2)cn1. The van der Waals surface area contributed by atoms with Crippen LogP contribution in [-0.4, -0.2) is 48.2 Å². The van der Waals surface area contributed by atoms with Gasteiger partial charge in [-0.25, -0.2) is 18.7 Å². The second-order valence-electron chi connectivity index (χ2n) is 7.52. The van der Waals surface area contributed by atoms with Crippen molar-refractivity contribution in [3.63, 3.8) is 0 Å². The lowest BCUT2D eigenvalue weighted by Gasteiger charge is -2.27. The van der Waals surface area contributed by atoms with Crippen LogP contribution < -0.4 is 0 Å². The molecular weight excluding hydrogens is 400 g/mol. The van der Waals surface area contributed by atoms with Crippen molar-refractivity contribution in [2.24, 2.45) is 12.0 Å². The van der Waals surface area contributed by atoms with Crippen LogP contribution in [0.3, 0.4) is 0 Å². The number of hydrogen-bond acceptors (Lipinski definition) is 5.